The monoisotopic (exact) mass is 327 g/mol. The Kier molecular flexibility index (Phi) is 5.92. The molecule has 0 aliphatic heterocycles. The van der Waals surface area contributed by atoms with Gasteiger partial charge in [-0.1, -0.05) is 18.2 Å². The molecule has 0 atom stereocenters. The maximum absolute atomic E-state index is 12.2. The second-order valence-electron chi connectivity index (χ2n) is 5.36. The first-order valence-corrected chi connectivity index (χ1v) is 7.55. The van der Waals surface area contributed by atoms with E-state index in [1.807, 2.05) is 37.3 Å². The standard InChI is InChI=1S/C18H21N3O3/c1-12-3-6-14(20-18(23)11-19)10-16(12)21-17(22)9-13-4-7-15(24-2)8-5-13/h3-8,10H,9,11,19H2,1-2H3,(H,20,23)(H,21,22). The molecule has 6 nitrogen and oxygen atoms in total. The minimum Gasteiger partial charge on any atom is -0.497 e. The van der Waals surface area contributed by atoms with E-state index in [0.29, 0.717) is 11.4 Å². The van der Waals surface area contributed by atoms with Crippen molar-refractivity contribution in [1.29, 1.82) is 0 Å². The van der Waals surface area contributed by atoms with Crippen molar-refractivity contribution in [3.63, 3.8) is 0 Å². The number of aryl methyl sites for hydroxylation is 1. The molecular weight excluding hydrogens is 306 g/mol. The van der Waals surface area contributed by atoms with Crippen molar-refractivity contribution in [2.24, 2.45) is 5.73 Å². The minimum atomic E-state index is -0.283. The Morgan fingerprint density at radius 2 is 1.75 bits per heavy atom. The lowest BCUT2D eigenvalue weighted by Gasteiger charge is -2.11. The predicted octanol–water partition coefficient (Wildman–Crippen LogP) is 2.08. The number of nitrogens with two attached hydrogens (primary N) is 1. The van der Waals surface area contributed by atoms with Gasteiger partial charge in [0.25, 0.3) is 0 Å². The summed E-state index contributed by atoms with van der Waals surface area (Å²) in [7, 11) is 1.60. The number of carbonyl (C=O) groups is 2. The van der Waals surface area contributed by atoms with Crippen LogP contribution < -0.4 is 21.1 Å². The molecule has 0 heterocycles. The quantitative estimate of drug-likeness (QED) is 0.757. The van der Waals surface area contributed by atoms with Crippen LogP contribution in [0.3, 0.4) is 0 Å². The average Bonchev–Trinajstić information content (AvgIpc) is 2.58. The van der Waals surface area contributed by atoms with E-state index in [1.54, 1.807) is 19.2 Å². The van der Waals surface area contributed by atoms with Gasteiger partial charge >= 0.3 is 0 Å². The third-order valence-corrected chi connectivity index (χ3v) is 3.50. The topological polar surface area (TPSA) is 93.5 Å². The zero-order chi connectivity index (χ0) is 17.5. The first-order chi connectivity index (χ1) is 11.5. The number of methoxy groups -OCH3 is 1. The average molecular weight is 327 g/mol. The van der Waals surface area contributed by atoms with Crippen LogP contribution in [0.1, 0.15) is 11.1 Å². The molecule has 2 aromatic carbocycles. The fourth-order valence-electron chi connectivity index (χ4n) is 2.17. The van der Waals surface area contributed by atoms with Crippen LogP contribution in [-0.2, 0) is 16.0 Å². The molecule has 0 aromatic heterocycles. The lowest BCUT2D eigenvalue weighted by molar-refractivity contribution is -0.116. The number of carbonyl (C=O) groups excluding carboxylic acids is 2. The van der Waals surface area contributed by atoms with Crippen LogP contribution in [-0.4, -0.2) is 25.5 Å². The van der Waals surface area contributed by atoms with Crippen LogP contribution in [0.2, 0.25) is 0 Å². The summed E-state index contributed by atoms with van der Waals surface area (Å²) < 4.78 is 5.10. The second-order valence-corrected chi connectivity index (χ2v) is 5.36. The van der Waals surface area contributed by atoms with Crippen LogP contribution in [0.15, 0.2) is 42.5 Å². The van der Waals surface area contributed by atoms with Gasteiger partial charge in [0.1, 0.15) is 5.75 Å². The normalized spacial score (nSPS) is 10.1. The molecule has 0 fully saturated rings. The number of anilines is 2. The summed E-state index contributed by atoms with van der Waals surface area (Å²) in [5, 5.41) is 5.53. The van der Waals surface area contributed by atoms with Gasteiger partial charge in [0.05, 0.1) is 20.1 Å². The van der Waals surface area contributed by atoms with E-state index in [1.165, 1.54) is 0 Å². The zero-order valence-electron chi connectivity index (χ0n) is 13.8. The van der Waals surface area contributed by atoms with Gasteiger partial charge in [0.15, 0.2) is 0 Å². The van der Waals surface area contributed by atoms with E-state index in [9.17, 15) is 9.59 Å². The number of benzene rings is 2. The van der Waals surface area contributed by atoms with Crippen molar-refractivity contribution in [1.82, 2.24) is 0 Å². The van der Waals surface area contributed by atoms with Crippen LogP contribution in [0.4, 0.5) is 11.4 Å². The van der Waals surface area contributed by atoms with Gasteiger partial charge in [0.2, 0.25) is 11.8 Å². The lowest BCUT2D eigenvalue weighted by Crippen LogP contribution is -2.22. The first-order valence-electron chi connectivity index (χ1n) is 7.55. The van der Waals surface area contributed by atoms with Crippen molar-refractivity contribution in [3.8, 4) is 5.75 Å². The number of hydrogen-bond acceptors (Lipinski definition) is 4. The summed E-state index contributed by atoms with van der Waals surface area (Å²) in [6, 6.07) is 12.6. The van der Waals surface area contributed by atoms with Crippen LogP contribution >= 0.6 is 0 Å². The van der Waals surface area contributed by atoms with Gasteiger partial charge < -0.3 is 21.1 Å². The molecule has 0 unspecified atom stereocenters. The third kappa shape index (κ3) is 4.82. The Balaban J connectivity index is 2.04. The van der Waals surface area contributed by atoms with Crippen molar-refractivity contribution in [2.45, 2.75) is 13.3 Å². The number of rotatable bonds is 6. The number of amides is 2. The van der Waals surface area contributed by atoms with Crippen molar-refractivity contribution in [2.75, 3.05) is 24.3 Å². The fourth-order valence-corrected chi connectivity index (χ4v) is 2.17. The van der Waals surface area contributed by atoms with E-state index in [2.05, 4.69) is 10.6 Å². The number of hydrogen-bond donors (Lipinski definition) is 3. The Morgan fingerprint density at radius 3 is 2.38 bits per heavy atom. The molecule has 0 bridgehead atoms. The van der Waals surface area contributed by atoms with Crippen LogP contribution in [0, 0.1) is 6.92 Å². The number of nitrogens with one attached hydrogen (secondary N) is 2. The Hall–Kier alpha value is -2.86. The molecule has 0 aliphatic carbocycles. The molecular formula is C18H21N3O3. The van der Waals surface area contributed by atoms with E-state index < -0.39 is 0 Å². The van der Waals surface area contributed by atoms with Crippen LogP contribution in [0.25, 0.3) is 0 Å². The van der Waals surface area contributed by atoms with E-state index in [0.717, 1.165) is 16.9 Å². The smallest absolute Gasteiger partial charge is 0.238 e. The summed E-state index contributed by atoms with van der Waals surface area (Å²) in [5.41, 5.74) is 8.33. The van der Waals surface area contributed by atoms with Crippen LogP contribution in [0.5, 0.6) is 5.75 Å². The summed E-state index contributed by atoms with van der Waals surface area (Å²) in [6.07, 6.45) is 0.253. The molecule has 4 N–H and O–H groups in total. The molecule has 0 radical (unpaired) electrons. The number of ether oxygens (including phenoxy) is 1. The molecule has 2 amide bonds. The van der Waals surface area contributed by atoms with Gasteiger partial charge in [-0.15, -0.1) is 0 Å². The lowest BCUT2D eigenvalue weighted by atomic mass is 10.1. The Bertz CT molecular complexity index is 727. The summed E-state index contributed by atoms with van der Waals surface area (Å²) in [4.78, 5) is 23.6. The van der Waals surface area contributed by atoms with Gasteiger partial charge in [-0.05, 0) is 42.3 Å². The highest BCUT2D eigenvalue weighted by Crippen LogP contribution is 2.21. The maximum Gasteiger partial charge on any atom is 0.238 e. The first kappa shape index (κ1) is 17.5. The van der Waals surface area contributed by atoms with E-state index >= 15 is 0 Å². The molecule has 24 heavy (non-hydrogen) atoms. The predicted molar refractivity (Wildman–Crippen MR) is 94.2 cm³/mol. The SMILES string of the molecule is COc1ccc(CC(=O)Nc2cc(NC(=O)CN)ccc2C)cc1. The van der Waals surface area contributed by atoms with Gasteiger partial charge in [-0.25, -0.2) is 0 Å². The molecule has 0 saturated heterocycles. The molecule has 6 heteroatoms. The highest BCUT2D eigenvalue weighted by molar-refractivity contribution is 5.96. The molecule has 2 rings (SSSR count). The van der Waals surface area contributed by atoms with E-state index in [4.69, 9.17) is 10.5 Å². The summed E-state index contributed by atoms with van der Waals surface area (Å²) in [6.45, 7) is 1.80. The van der Waals surface area contributed by atoms with Crippen molar-refractivity contribution < 1.29 is 14.3 Å². The second kappa shape index (κ2) is 8.12. The highest BCUT2D eigenvalue weighted by atomic mass is 16.5. The Labute approximate surface area is 141 Å². The van der Waals surface area contributed by atoms with E-state index in [-0.39, 0.29) is 24.8 Å². The zero-order valence-corrected chi connectivity index (χ0v) is 13.8. The van der Waals surface area contributed by atoms with Gasteiger partial charge in [-0.2, -0.15) is 0 Å². The third-order valence-electron chi connectivity index (χ3n) is 3.50. The fraction of sp³-hybridized carbons (Fsp3) is 0.222. The molecule has 2 aromatic rings. The molecule has 126 valence electrons. The summed E-state index contributed by atoms with van der Waals surface area (Å²) in [5.74, 6) is 0.332. The molecule has 0 aliphatic rings. The van der Waals surface area contributed by atoms with Crippen molar-refractivity contribution >= 4 is 23.2 Å². The molecule has 0 saturated carbocycles. The molecule has 0 spiro atoms. The van der Waals surface area contributed by atoms with Crippen molar-refractivity contribution in [3.05, 3.63) is 53.6 Å². The summed E-state index contributed by atoms with van der Waals surface area (Å²) >= 11 is 0. The van der Waals surface area contributed by atoms with Gasteiger partial charge in [0, 0.05) is 11.4 Å². The minimum absolute atomic E-state index is 0.0902. The Morgan fingerprint density at radius 1 is 1.04 bits per heavy atom. The van der Waals surface area contributed by atoms with Gasteiger partial charge in [-0.3, -0.25) is 9.59 Å². The maximum atomic E-state index is 12.2. The largest absolute Gasteiger partial charge is 0.497 e. The highest BCUT2D eigenvalue weighted by Gasteiger charge is 2.08.